The van der Waals surface area contributed by atoms with Gasteiger partial charge in [0.15, 0.2) is 29.6 Å². The third kappa shape index (κ3) is 5.51. The van der Waals surface area contributed by atoms with Crippen molar-refractivity contribution in [1.29, 1.82) is 0 Å². The second kappa shape index (κ2) is 10.8. The summed E-state index contributed by atoms with van der Waals surface area (Å²) < 4.78 is 22.8. The number of amides is 3. The Hall–Kier alpha value is -4.94. The molecule has 2 atom stereocenters. The maximum absolute atomic E-state index is 13.3. The van der Waals surface area contributed by atoms with E-state index in [1.54, 1.807) is 35.2 Å². The summed E-state index contributed by atoms with van der Waals surface area (Å²) in [5, 5.41) is 12.2. The normalized spacial score (nSPS) is 19.2. The molecule has 0 radical (unpaired) electrons. The lowest BCUT2D eigenvalue weighted by molar-refractivity contribution is -0.123. The van der Waals surface area contributed by atoms with Crippen molar-refractivity contribution < 1.29 is 33.3 Å². The molecule has 204 valence electrons. The lowest BCUT2D eigenvalue weighted by Gasteiger charge is -2.22. The zero-order valence-corrected chi connectivity index (χ0v) is 21.4. The molecule has 0 saturated carbocycles. The number of nitrogen functional groups attached to an aromatic ring is 1. The van der Waals surface area contributed by atoms with Gasteiger partial charge in [0.2, 0.25) is 0 Å². The first-order valence-corrected chi connectivity index (χ1v) is 12.2. The van der Waals surface area contributed by atoms with Crippen molar-refractivity contribution >= 4 is 23.5 Å². The lowest BCUT2D eigenvalue weighted by Crippen LogP contribution is -2.45. The number of nitrogens with two attached hydrogens (primary N) is 1. The summed E-state index contributed by atoms with van der Waals surface area (Å²) >= 11 is 0. The van der Waals surface area contributed by atoms with Crippen molar-refractivity contribution in [3.8, 4) is 23.0 Å². The van der Waals surface area contributed by atoms with E-state index in [-0.39, 0.29) is 60.9 Å². The minimum absolute atomic E-state index is 0.173. The molecule has 0 aliphatic carbocycles. The molecule has 4 bridgehead atoms. The van der Waals surface area contributed by atoms with Gasteiger partial charge in [-0.05, 0) is 35.9 Å². The Balaban J connectivity index is 1.48. The molecule has 0 spiro atoms. The number of fused-ring (bicyclic) bond motifs is 7. The number of carbonyl (C=O) groups excluding carboxylic acids is 3. The number of H-pyrrole nitrogens is 1. The standard InChI is InChI=1S/C26H28N6O7/c1-36-18-6-4-15-8-21(18)38-13-24(33)28-10-14-3-5-19(20(7-14)37-2)39-22-12-32(11-17(22)29-25(15)34)26(35)16-9-23(27)31-30-16/h3-9,17,22H,10-13H2,1-2H3,(H,28,33)(H,29,34)(H3,27,30,31)/t17-,22-/m0/s1. The van der Waals surface area contributed by atoms with Crippen molar-refractivity contribution in [2.75, 3.05) is 39.6 Å². The highest BCUT2D eigenvalue weighted by molar-refractivity contribution is 5.96. The Morgan fingerprint density at radius 2 is 1.87 bits per heavy atom. The molecule has 13 heteroatoms. The minimum atomic E-state index is -0.609. The highest BCUT2D eigenvalue weighted by Crippen LogP contribution is 2.32. The van der Waals surface area contributed by atoms with Gasteiger partial charge in [0.1, 0.15) is 17.6 Å². The van der Waals surface area contributed by atoms with Crippen LogP contribution in [-0.4, -0.2) is 78.9 Å². The molecule has 1 aromatic heterocycles. The van der Waals surface area contributed by atoms with Gasteiger partial charge in [-0.1, -0.05) is 6.07 Å². The van der Waals surface area contributed by atoms with Crippen molar-refractivity contribution in [1.82, 2.24) is 25.7 Å². The van der Waals surface area contributed by atoms with Crippen LogP contribution in [0.4, 0.5) is 5.82 Å². The number of aromatic nitrogens is 2. The fourth-order valence-electron chi connectivity index (χ4n) is 4.47. The van der Waals surface area contributed by atoms with Gasteiger partial charge in [0.05, 0.1) is 26.8 Å². The predicted octanol–water partition coefficient (Wildman–Crippen LogP) is 0.720. The van der Waals surface area contributed by atoms with E-state index in [2.05, 4.69) is 20.8 Å². The molecule has 4 heterocycles. The summed E-state index contributed by atoms with van der Waals surface area (Å²) in [6.45, 7) is 0.310. The van der Waals surface area contributed by atoms with E-state index in [1.807, 2.05) is 0 Å². The van der Waals surface area contributed by atoms with Gasteiger partial charge >= 0.3 is 0 Å². The first-order valence-electron chi connectivity index (χ1n) is 12.2. The maximum Gasteiger partial charge on any atom is 0.272 e. The van der Waals surface area contributed by atoms with Crippen LogP contribution >= 0.6 is 0 Å². The van der Waals surface area contributed by atoms with E-state index in [1.165, 1.54) is 26.4 Å². The van der Waals surface area contributed by atoms with Crippen LogP contribution < -0.4 is 35.3 Å². The predicted molar refractivity (Wildman–Crippen MR) is 138 cm³/mol. The number of benzene rings is 2. The van der Waals surface area contributed by atoms with Gasteiger partial charge < -0.3 is 40.2 Å². The average Bonchev–Trinajstić information content (AvgIpc) is 3.56. The Morgan fingerprint density at radius 3 is 2.62 bits per heavy atom. The van der Waals surface area contributed by atoms with E-state index in [0.29, 0.717) is 17.2 Å². The number of nitrogens with one attached hydrogen (secondary N) is 3. The summed E-state index contributed by atoms with van der Waals surface area (Å²) in [6.07, 6.45) is -0.609. The second-order valence-electron chi connectivity index (χ2n) is 9.07. The van der Waals surface area contributed by atoms with Gasteiger partial charge in [-0.2, -0.15) is 5.10 Å². The zero-order chi connectivity index (χ0) is 27.5. The number of aromatic amines is 1. The monoisotopic (exact) mass is 536 g/mol. The highest BCUT2D eigenvalue weighted by Gasteiger charge is 2.39. The molecule has 3 amide bonds. The number of rotatable bonds is 3. The summed E-state index contributed by atoms with van der Waals surface area (Å²) in [5.41, 5.74) is 6.96. The number of anilines is 1. The molecule has 3 aromatic rings. The van der Waals surface area contributed by atoms with Crippen LogP contribution in [-0.2, 0) is 11.3 Å². The summed E-state index contributed by atoms with van der Waals surface area (Å²) in [5.74, 6) is 0.571. The van der Waals surface area contributed by atoms with Crippen LogP contribution in [0.25, 0.3) is 0 Å². The molecule has 6 rings (SSSR count). The Labute approximate surface area is 223 Å². The molecule has 1 fully saturated rings. The summed E-state index contributed by atoms with van der Waals surface area (Å²) in [7, 11) is 2.97. The van der Waals surface area contributed by atoms with Gasteiger partial charge in [-0.25, -0.2) is 0 Å². The van der Waals surface area contributed by atoms with Crippen molar-refractivity contribution in [3.05, 3.63) is 59.3 Å². The van der Waals surface area contributed by atoms with Crippen LogP contribution in [0, 0.1) is 0 Å². The van der Waals surface area contributed by atoms with E-state index in [9.17, 15) is 14.4 Å². The van der Waals surface area contributed by atoms with Gasteiger partial charge in [-0.15, -0.1) is 0 Å². The summed E-state index contributed by atoms with van der Waals surface area (Å²) in [6, 6.07) is 10.8. The fraction of sp³-hybridized carbons (Fsp3) is 0.308. The molecular weight excluding hydrogens is 508 g/mol. The average molecular weight is 537 g/mol. The number of methoxy groups -OCH3 is 2. The zero-order valence-electron chi connectivity index (χ0n) is 21.4. The van der Waals surface area contributed by atoms with Gasteiger partial charge in [-0.3, -0.25) is 19.5 Å². The van der Waals surface area contributed by atoms with Crippen LogP contribution in [0.5, 0.6) is 23.0 Å². The third-order valence-electron chi connectivity index (χ3n) is 6.48. The SMILES string of the molecule is COc1ccc2cc1OCC(=O)NCc1ccc(c(OC)c1)O[C@H]1CN(C(=O)c3cc(N)n[nH]3)C[C@@H]1NC2=O. The largest absolute Gasteiger partial charge is 0.493 e. The first kappa shape index (κ1) is 25.7. The number of hydrogen-bond acceptors (Lipinski definition) is 9. The van der Waals surface area contributed by atoms with Gasteiger partial charge in [0.25, 0.3) is 17.7 Å². The highest BCUT2D eigenvalue weighted by atomic mass is 16.5. The molecule has 5 N–H and O–H groups in total. The number of nitrogens with zero attached hydrogens (tertiary/aromatic N) is 2. The fourth-order valence-corrected chi connectivity index (χ4v) is 4.47. The molecule has 0 unspecified atom stereocenters. The lowest BCUT2D eigenvalue weighted by atomic mass is 10.1. The van der Waals surface area contributed by atoms with Crippen LogP contribution in [0.1, 0.15) is 26.4 Å². The second-order valence-corrected chi connectivity index (χ2v) is 9.07. The Morgan fingerprint density at radius 1 is 1.05 bits per heavy atom. The van der Waals surface area contributed by atoms with Crippen LogP contribution in [0.15, 0.2) is 42.5 Å². The maximum atomic E-state index is 13.3. The smallest absolute Gasteiger partial charge is 0.272 e. The molecule has 3 aliphatic rings. The Bertz CT molecular complexity index is 1410. The number of likely N-dealkylation sites (tertiary alicyclic amines) is 1. The molecule has 2 aromatic carbocycles. The number of carbonyl (C=O) groups is 3. The van der Waals surface area contributed by atoms with Crippen LogP contribution in [0.2, 0.25) is 0 Å². The molecule has 1 saturated heterocycles. The molecule has 13 nitrogen and oxygen atoms in total. The van der Waals surface area contributed by atoms with Crippen LogP contribution in [0.3, 0.4) is 0 Å². The molecule has 3 aliphatic heterocycles. The minimum Gasteiger partial charge on any atom is -0.493 e. The number of hydrogen-bond donors (Lipinski definition) is 4. The van der Waals surface area contributed by atoms with Crippen molar-refractivity contribution in [2.24, 2.45) is 0 Å². The van der Waals surface area contributed by atoms with Gasteiger partial charge in [0, 0.05) is 24.7 Å². The third-order valence-corrected chi connectivity index (χ3v) is 6.48. The van der Waals surface area contributed by atoms with E-state index in [0.717, 1.165) is 5.56 Å². The number of ether oxygens (including phenoxy) is 4. The Kier molecular flexibility index (Phi) is 7.12. The van der Waals surface area contributed by atoms with Crippen molar-refractivity contribution in [3.63, 3.8) is 0 Å². The molecular formula is C26H28N6O7. The van der Waals surface area contributed by atoms with E-state index < -0.39 is 18.1 Å². The summed E-state index contributed by atoms with van der Waals surface area (Å²) in [4.78, 5) is 40.4. The molecule has 39 heavy (non-hydrogen) atoms. The van der Waals surface area contributed by atoms with Crippen molar-refractivity contribution in [2.45, 2.75) is 18.7 Å². The van der Waals surface area contributed by atoms with E-state index >= 15 is 0 Å². The first-order chi connectivity index (χ1) is 18.8. The topological polar surface area (TPSA) is 170 Å². The quantitative estimate of drug-likeness (QED) is 0.377. The van der Waals surface area contributed by atoms with E-state index in [4.69, 9.17) is 24.7 Å².